The molecule has 3 heteroatoms. The number of hydrogen-bond donors (Lipinski definition) is 2. The van der Waals surface area contributed by atoms with Crippen molar-refractivity contribution < 1.29 is 5.11 Å². The molecule has 1 aromatic carbocycles. The number of nitrogens with zero attached hydrogens (tertiary/aromatic N) is 1. The Bertz CT molecular complexity index is 423. The Labute approximate surface area is 122 Å². The zero-order chi connectivity index (χ0) is 13.8. The number of likely N-dealkylation sites (tertiary alicyclic amines) is 1. The molecule has 110 valence electrons. The molecular weight excluding hydrogens is 248 g/mol. The van der Waals surface area contributed by atoms with Crippen molar-refractivity contribution in [2.24, 2.45) is 5.92 Å². The van der Waals surface area contributed by atoms with Crippen molar-refractivity contribution in [1.29, 1.82) is 0 Å². The highest BCUT2D eigenvalue weighted by Gasteiger charge is 2.26. The van der Waals surface area contributed by atoms with Gasteiger partial charge in [0.1, 0.15) is 5.75 Å². The molecule has 0 spiro atoms. The predicted octanol–water partition coefficient (Wildman–Crippen LogP) is 2.40. The van der Waals surface area contributed by atoms with E-state index in [4.69, 9.17) is 0 Å². The van der Waals surface area contributed by atoms with E-state index in [2.05, 4.69) is 10.2 Å². The Balaban J connectivity index is 1.34. The summed E-state index contributed by atoms with van der Waals surface area (Å²) in [6, 6.07) is 8.31. The van der Waals surface area contributed by atoms with Crippen LogP contribution in [0.3, 0.4) is 0 Å². The molecular formula is C17H26N2O. The van der Waals surface area contributed by atoms with Crippen LogP contribution in [0.4, 0.5) is 0 Å². The molecule has 2 fully saturated rings. The molecule has 1 aliphatic heterocycles. The van der Waals surface area contributed by atoms with E-state index in [0.717, 1.165) is 24.4 Å². The second-order valence-corrected chi connectivity index (χ2v) is 6.35. The molecule has 1 saturated carbocycles. The average Bonchev–Trinajstić information content (AvgIpc) is 3.27. The number of aromatic hydroxyl groups is 1. The lowest BCUT2D eigenvalue weighted by Crippen LogP contribution is -2.43. The second kappa shape index (κ2) is 6.59. The molecule has 1 aromatic rings. The molecule has 0 unspecified atom stereocenters. The van der Waals surface area contributed by atoms with Crippen LogP contribution in [0.5, 0.6) is 5.75 Å². The van der Waals surface area contributed by atoms with Gasteiger partial charge in [-0.15, -0.1) is 0 Å². The van der Waals surface area contributed by atoms with E-state index in [0.29, 0.717) is 11.8 Å². The largest absolute Gasteiger partial charge is 0.508 e. The highest BCUT2D eigenvalue weighted by Crippen LogP contribution is 2.30. The summed E-state index contributed by atoms with van der Waals surface area (Å²) < 4.78 is 0. The van der Waals surface area contributed by atoms with E-state index in [1.807, 2.05) is 18.2 Å². The number of benzene rings is 1. The minimum Gasteiger partial charge on any atom is -0.508 e. The molecule has 0 bridgehead atoms. The summed E-state index contributed by atoms with van der Waals surface area (Å²) in [5, 5.41) is 13.4. The quantitative estimate of drug-likeness (QED) is 0.836. The van der Waals surface area contributed by atoms with E-state index >= 15 is 0 Å². The number of nitrogens with one attached hydrogen (secondary N) is 1. The first-order valence-corrected chi connectivity index (χ1v) is 8.04. The lowest BCUT2D eigenvalue weighted by Gasteiger charge is -2.32. The van der Waals surface area contributed by atoms with Crippen LogP contribution in [0, 0.1) is 5.92 Å². The highest BCUT2D eigenvalue weighted by atomic mass is 16.3. The molecule has 3 nitrogen and oxygen atoms in total. The molecule has 0 atom stereocenters. The fourth-order valence-corrected chi connectivity index (χ4v) is 3.12. The molecule has 0 aromatic heterocycles. The lowest BCUT2D eigenvalue weighted by molar-refractivity contribution is 0.191. The summed E-state index contributed by atoms with van der Waals surface area (Å²) in [6.45, 7) is 4.81. The third-order valence-electron chi connectivity index (χ3n) is 4.62. The third kappa shape index (κ3) is 3.97. The Hall–Kier alpha value is -1.06. The van der Waals surface area contributed by atoms with Gasteiger partial charge >= 0.3 is 0 Å². The summed E-state index contributed by atoms with van der Waals surface area (Å²) in [7, 11) is 0. The van der Waals surface area contributed by atoms with Crippen LogP contribution in [-0.2, 0) is 6.42 Å². The molecule has 20 heavy (non-hydrogen) atoms. The highest BCUT2D eigenvalue weighted by molar-refractivity contribution is 5.31. The van der Waals surface area contributed by atoms with Gasteiger partial charge in [-0.3, -0.25) is 0 Å². The topological polar surface area (TPSA) is 35.5 Å². The van der Waals surface area contributed by atoms with Gasteiger partial charge in [0.2, 0.25) is 0 Å². The number of rotatable bonds is 6. The Morgan fingerprint density at radius 1 is 1.10 bits per heavy atom. The van der Waals surface area contributed by atoms with Gasteiger partial charge in [0.05, 0.1) is 0 Å². The molecule has 0 radical (unpaired) electrons. The van der Waals surface area contributed by atoms with Crippen LogP contribution in [0.15, 0.2) is 24.3 Å². The fourth-order valence-electron chi connectivity index (χ4n) is 3.12. The molecule has 1 heterocycles. The maximum atomic E-state index is 9.74. The van der Waals surface area contributed by atoms with Crippen molar-refractivity contribution in [1.82, 2.24) is 10.2 Å². The van der Waals surface area contributed by atoms with E-state index in [1.165, 1.54) is 45.3 Å². The maximum Gasteiger partial charge on any atom is 0.118 e. The van der Waals surface area contributed by atoms with Crippen molar-refractivity contribution in [3.63, 3.8) is 0 Å². The number of para-hydroxylation sites is 1. The summed E-state index contributed by atoms with van der Waals surface area (Å²) in [4.78, 5) is 2.64. The number of phenols is 1. The Morgan fingerprint density at radius 2 is 1.85 bits per heavy atom. The molecule has 0 amide bonds. The molecule has 3 rings (SSSR count). The zero-order valence-corrected chi connectivity index (χ0v) is 12.2. The van der Waals surface area contributed by atoms with Crippen LogP contribution in [-0.4, -0.2) is 42.2 Å². The first-order valence-electron chi connectivity index (χ1n) is 8.04. The Morgan fingerprint density at radius 3 is 2.55 bits per heavy atom. The average molecular weight is 274 g/mol. The number of piperidine rings is 1. The van der Waals surface area contributed by atoms with Gasteiger partial charge in [-0.05, 0) is 69.3 Å². The Kier molecular flexibility index (Phi) is 4.58. The van der Waals surface area contributed by atoms with Crippen molar-refractivity contribution in [3.8, 4) is 5.75 Å². The lowest BCUT2D eigenvalue weighted by atomic mass is 10.0. The van der Waals surface area contributed by atoms with Gasteiger partial charge in [-0.25, -0.2) is 0 Å². The van der Waals surface area contributed by atoms with Crippen LogP contribution in [0.1, 0.15) is 31.2 Å². The summed E-state index contributed by atoms with van der Waals surface area (Å²) in [6.07, 6.45) is 6.37. The summed E-state index contributed by atoms with van der Waals surface area (Å²) in [5.74, 6) is 1.44. The molecule has 2 N–H and O–H groups in total. The minimum absolute atomic E-state index is 0.425. The third-order valence-corrected chi connectivity index (χ3v) is 4.62. The van der Waals surface area contributed by atoms with Crippen molar-refractivity contribution in [2.45, 2.75) is 38.1 Å². The standard InChI is InChI=1S/C17H26N2O/c20-17-4-2-1-3-15(17)7-10-18-16-8-11-19(12-9-16)13-14-5-6-14/h1-4,14,16,18,20H,5-13H2. The van der Waals surface area contributed by atoms with E-state index < -0.39 is 0 Å². The maximum absolute atomic E-state index is 9.74. The van der Waals surface area contributed by atoms with E-state index in [9.17, 15) is 5.11 Å². The minimum atomic E-state index is 0.425. The van der Waals surface area contributed by atoms with Crippen molar-refractivity contribution >= 4 is 0 Å². The van der Waals surface area contributed by atoms with E-state index in [1.54, 1.807) is 6.07 Å². The van der Waals surface area contributed by atoms with Crippen LogP contribution in [0.25, 0.3) is 0 Å². The molecule has 1 saturated heterocycles. The SMILES string of the molecule is Oc1ccccc1CCNC1CCN(CC2CC2)CC1. The van der Waals surface area contributed by atoms with Gasteiger partial charge in [0, 0.05) is 12.6 Å². The predicted molar refractivity (Wildman–Crippen MR) is 82.0 cm³/mol. The van der Waals surface area contributed by atoms with Crippen LogP contribution >= 0.6 is 0 Å². The molecule has 1 aliphatic carbocycles. The smallest absolute Gasteiger partial charge is 0.118 e. The normalized spacial score (nSPS) is 21.2. The van der Waals surface area contributed by atoms with Crippen molar-refractivity contribution in [3.05, 3.63) is 29.8 Å². The first kappa shape index (κ1) is 13.9. The van der Waals surface area contributed by atoms with Crippen molar-refractivity contribution in [2.75, 3.05) is 26.2 Å². The van der Waals surface area contributed by atoms with E-state index in [-0.39, 0.29) is 0 Å². The zero-order valence-electron chi connectivity index (χ0n) is 12.2. The number of phenolic OH excluding ortho intramolecular Hbond substituents is 1. The van der Waals surface area contributed by atoms with Gasteiger partial charge in [-0.1, -0.05) is 18.2 Å². The van der Waals surface area contributed by atoms with Gasteiger partial charge in [-0.2, -0.15) is 0 Å². The van der Waals surface area contributed by atoms with Crippen LogP contribution < -0.4 is 5.32 Å². The van der Waals surface area contributed by atoms with Crippen LogP contribution in [0.2, 0.25) is 0 Å². The van der Waals surface area contributed by atoms with Gasteiger partial charge < -0.3 is 15.3 Å². The molecule has 2 aliphatic rings. The summed E-state index contributed by atoms with van der Waals surface area (Å²) >= 11 is 0. The second-order valence-electron chi connectivity index (χ2n) is 6.35. The number of hydrogen-bond acceptors (Lipinski definition) is 3. The monoisotopic (exact) mass is 274 g/mol. The van der Waals surface area contributed by atoms with Gasteiger partial charge in [0.15, 0.2) is 0 Å². The first-order chi connectivity index (χ1) is 9.81. The summed E-state index contributed by atoms with van der Waals surface area (Å²) in [5.41, 5.74) is 1.05. The van der Waals surface area contributed by atoms with Gasteiger partial charge in [0.25, 0.3) is 0 Å². The fraction of sp³-hybridized carbons (Fsp3) is 0.647.